The van der Waals surface area contributed by atoms with Gasteiger partial charge in [0.2, 0.25) is 0 Å². The third-order valence-corrected chi connectivity index (χ3v) is 3.64. The number of hydrogen-bond acceptors (Lipinski definition) is 2. The fraction of sp³-hybridized carbons (Fsp3) is 0.375. The van der Waals surface area contributed by atoms with Crippen molar-refractivity contribution >= 4 is 11.7 Å². The minimum atomic E-state index is -0.872. The van der Waals surface area contributed by atoms with Crippen LogP contribution in [-0.2, 0) is 0 Å². The van der Waals surface area contributed by atoms with Crippen LogP contribution in [0.3, 0.4) is 0 Å². The van der Waals surface area contributed by atoms with Gasteiger partial charge in [0.15, 0.2) is 0 Å². The maximum atomic E-state index is 10.9. The van der Waals surface area contributed by atoms with Crippen LogP contribution in [0, 0.1) is 11.3 Å². The van der Waals surface area contributed by atoms with Crippen LogP contribution in [0.2, 0.25) is 0 Å². The molecule has 4 nitrogen and oxygen atoms in total. The molecule has 4 heteroatoms. The standard InChI is InChI=1S/C16H18N2O2/c1-11(2)15-9-13(3-4-14(15)10-17)12-5-7-18(8-6-12)16(19)20/h3-5,9,11H,6-8H2,1-2H3,(H,19,20). The van der Waals surface area contributed by atoms with E-state index in [2.05, 4.69) is 26.0 Å². The van der Waals surface area contributed by atoms with Gasteiger partial charge in [-0.2, -0.15) is 5.26 Å². The number of carbonyl (C=O) groups is 1. The zero-order valence-corrected chi connectivity index (χ0v) is 11.8. The van der Waals surface area contributed by atoms with Gasteiger partial charge in [0.1, 0.15) is 0 Å². The first-order valence-electron chi connectivity index (χ1n) is 6.74. The van der Waals surface area contributed by atoms with Gasteiger partial charge >= 0.3 is 6.09 Å². The van der Waals surface area contributed by atoms with Crippen molar-refractivity contribution in [2.24, 2.45) is 0 Å². The molecule has 0 unspecified atom stereocenters. The molecule has 104 valence electrons. The van der Waals surface area contributed by atoms with Crippen LogP contribution in [0.15, 0.2) is 24.3 Å². The highest BCUT2D eigenvalue weighted by Gasteiger charge is 2.17. The number of nitrogens with zero attached hydrogens (tertiary/aromatic N) is 2. The maximum absolute atomic E-state index is 10.9. The molecule has 0 saturated heterocycles. The van der Waals surface area contributed by atoms with Gasteiger partial charge in [0.25, 0.3) is 0 Å². The second-order valence-corrected chi connectivity index (χ2v) is 5.28. The molecule has 0 fully saturated rings. The number of amides is 1. The van der Waals surface area contributed by atoms with Crippen LogP contribution in [0.25, 0.3) is 5.57 Å². The normalized spacial score (nSPS) is 14.9. The van der Waals surface area contributed by atoms with E-state index in [9.17, 15) is 4.79 Å². The summed E-state index contributed by atoms with van der Waals surface area (Å²) in [6, 6.07) is 8.09. The van der Waals surface area contributed by atoms with Crippen molar-refractivity contribution in [1.29, 1.82) is 5.26 Å². The Morgan fingerprint density at radius 3 is 2.70 bits per heavy atom. The summed E-state index contributed by atoms with van der Waals surface area (Å²) in [5, 5.41) is 18.1. The number of carboxylic acid groups (broad SMARTS) is 1. The van der Waals surface area contributed by atoms with Crippen LogP contribution >= 0.6 is 0 Å². The fourth-order valence-corrected chi connectivity index (χ4v) is 2.45. The predicted molar refractivity (Wildman–Crippen MR) is 77.4 cm³/mol. The van der Waals surface area contributed by atoms with Crippen LogP contribution in [-0.4, -0.2) is 29.2 Å². The molecule has 1 aliphatic rings. The first-order valence-corrected chi connectivity index (χ1v) is 6.74. The highest BCUT2D eigenvalue weighted by Crippen LogP contribution is 2.27. The highest BCUT2D eigenvalue weighted by molar-refractivity contribution is 5.72. The lowest BCUT2D eigenvalue weighted by Gasteiger charge is -2.24. The lowest BCUT2D eigenvalue weighted by atomic mass is 9.91. The van der Waals surface area contributed by atoms with Gasteiger partial charge in [0.05, 0.1) is 11.6 Å². The van der Waals surface area contributed by atoms with Crippen molar-refractivity contribution in [1.82, 2.24) is 4.90 Å². The Bertz CT molecular complexity index is 597. The van der Waals surface area contributed by atoms with Crippen molar-refractivity contribution in [2.75, 3.05) is 13.1 Å². The smallest absolute Gasteiger partial charge is 0.407 e. The summed E-state index contributed by atoms with van der Waals surface area (Å²) in [6.45, 7) is 5.10. The summed E-state index contributed by atoms with van der Waals surface area (Å²) in [7, 11) is 0. The number of rotatable bonds is 2. The van der Waals surface area contributed by atoms with Crippen molar-refractivity contribution in [2.45, 2.75) is 26.2 Å². The molecule has 1 aliphatic heterocycles. The molecule has 0 bridgehead atoms. The van der Waals surface area contributed by atoms with E-state index in [1.54, 1.807) is 0 Å². The van der Waals surface area contributed by atoms with Gasteiger partial charge in [-0.3, -0.25) is 0 Å². The average molecular weight is 270 g/mol. The van der Waals surface area contributed by atoms with E-state index in [-0.39, 0.29) is 0 Å². The Morgan fingerprint density at radius 2 is 2.20 bits per heavy atom. The largest absolute Gasteiger partial charge is 0.465 e. The van der Waals surface area contributed by atoms with E-state index < -0.39 is 6.09 Å². The number of nitriles is 1. The predicted octanol–water partition coefficient (Wildman–Crippen LogP) is 3.45. The fourth-order valence-electron chi connectivity index (χ4n) is 2.45. The van der Waals surface area contributed by atoms with E-state index >= 15 is 0 Å². The Balaban J connectivity index is 2.29. The van der Waals surface area contributed by atoms with Crippen molar-refractivity contribution in [3.05, 3.63) is 41.0 Å². The lowest BCUT2D eigenvalue weighted by Crippen LogP contribution is -2.33. The zero-order chi connectivity index (χ0) is 14.7. The van der Waals surface area contributed by atoms with Crippen molar-refractivity contribution in [3.63, 3.8) is 0 Å². The Kier molecular flexibility index (Phi) is 4.09. The van der Waals surface area contributed by atoms with Gasteiger partial charge in [-0.1, -0.05) is 26.0 Å². The van der Waals surface area contributed by atoms with E-state index in [0.717, 1.165) is 23.1 Å². The van der Waals surface area contributed by atoms with Crippen LogP contribution in [0.4, 0.5) is 4.79 Å². The summed E-state index contributed by atoms with van der Waals surface area (Å²) < 4.78 is 0. The molecule has 1 aromatic rings. The van der Waals surface area contributed by atoms with Gasteiger partial charge in [0, 0.05) is 13.1 Å². The topological polar surface area (TPSA) is 64.3 Å². The molecule has 0 saturated carbocycles. The molecule has 1 amide bonds. The highest BCUT2D eigenvalue weighted by atomic mass is 16.4. The SMILES string of the molecule is CC(C)c1cc(C2=CCN(C(=O)O)CC2)ccc1C#N. The minimum Gasteiger partial charge on any atom is -0.465 e. The second-order valence-electron chi connectivity index (χ2n) is 5.28. The quantitative estimate of drug-likeness (QED) is 0.895. The molecule has 0 radical (unpaired) electrons. The van der Waals surface area contributed by atoms with E-state index in [1.807, 2.05) is 18.2 Å². The van der Waals surface area contributed by atoms with E-state index in [4.69, 9.17) is 10.4 Å². The third kappa shape index (κ3) is 2.83. The molecule has 1 heterocycles. The first-order chi connectivity index (χ1) is 9.52. The van der Waals surface area contributed by atoms with Gasteiger partial charge in [-0.05, 0) is 41.2 Å². The van der Waals surface area contributed by atoms with Gasteiger partial charge in [-0.25, -0.2) is 4.79 Å². The maximum Gasteiger partial charge on any atom is 0.407 e. The van der Waals surface area contributed by atoms with Crippen LogP contribution in [0.1, 0.15) is 42.9 Å². The number of hydrogen-bond donors (Lipinski definition) is 1. The number of benzene rings is 1. The molecule has 0 spiro atoms. The molecule has 20 heavy (non-hydrogen) atoms. The van der Waals surface area contributed by atoms with Crippen molar-refractivity contribution < 1.29 is 9.90 Å². The summed E-state index contributed by atoms with van der Waals surface area (Å²) in [4.78, 5) is 12.3. The van der Waals surface area contributed by atoms with E-state index in [1.165, 1.54) is 4.90 Å². The van der Waals surface area contributed by atoms with Gasteiger partial charge in [-0.15, -0.1) is 0 Å². The van der Waals surface area contributed by atoms with Gasteiger partial charge < -0.3 is 10.0 Å². The van der Waals surface area contributed by atoms with Crippen molar-refractivity contribution in [3.8, 4) is 6.07 Å². The molecule has 2 rings (SSSR count). The zero-order valence-electron chi connectivity index (χ0n) is 11.8. The van der Waals surface area contributed by atoms with Crippen LogP contribution < -0.4 is 0 Å². The summed E-state index contributed by atoms with van der Waals surface area (Å²) in [5.74, 6) is 0.296. The molecule has 1 N–H and O–H groups in total. The summed E-state index contributed by atoms with van der Waals surface area (Å²) >= 11 is 0. The Hall–Kier alpha value is -2.28. The summed E-state index contributed by atoms with van der Waals surface area (Å²) in [5.41, 5.74) is 4.02. The monoisotopic (exact) mass is 270 g/mol. The third-order valence-electron chi connectivity index (χ3n) is 3.64. The first kappa shape index (κ1) is 14.1. The molecule has 0 aliphatic carbocycles. The van der Waals surface area contributed by atoms with E-state index in [0.29, 0.717) is 24.6 Å². The molecular weight excluding hydrogens is 252 g/mol. The molecular formula is C16H18N2O2. The Morgan fingerprint density at radius 1 is 1.45 bits per heavy atom. The lowest BCUT2D eigenvalue weighted by molar-refractivity contribution is 0.150. The molecule has 1 aromatic carbocycles. The minimum absolute atomic E-state index is 0.296. The average Bonchev–Trinajstić information content (AvgIpc) is 2.46. The molecule has 0 aromatic heterocycles. The second kappa shape index (κ2) is 5.79. The summed E-state index contributed by atoms with van der Waals surface area (Å²) in [6.07, 6.45) is 1.81. The Labute approximate surface area is 118 Å². The van der Waals surface area contributed by atoms with Crippen LogP contribution in [0.5, 0.6) is 0 Å². The molecule has 0 atom stereocenters.